The minimum absolute atomic E-state index is 0.0468. The molecule has 9 nitrogen and oxygen atoms in total. The third-order valence-corrected chi connectivity index (χ3v) is 5.21. The fourth-order valence-electron chi connectivity index (χ4n) is 3.78. The molecule has 1 aromatic carbocycles. The number of hydrogen-bond acceptors (Lipinski definition) is 7. The second-order valence-electron chi connectivity index (χ2n) is 7.21. The first-order chi connectivity index (χ1) is 15.4. The number of nitriles is 1. The van der Waals surface area contributed by atoms with Gasteiger partial charge in [-0.15, -0.1) is 0 Å². The van der Waals surface area contributed by atoms with E-state index in [0.717, 1.165) is 12.1 Å². The van der Waals surface area contributed by atoms with Gasteiger partial charge in [-0.1, -0.05) is 32.9 Å². The highest BCUT2D eigenvalue weighted by Gasteiger charge is 2.37. The summed E-state index contributed by atoms with van der Waals surface area (Å²) in [4.78, 5) is 37.4. The van der Waals surface area contributed by atoms with E-state index in [1.165, 1.54) is 12.1 Å². The van der Waals surface area contributed by atoms with Crippen LogP contribution < -0.4 is 5.32 Å². The molecule has 1 N–H and O–H groups in total. The summed E-state index contributed by atoms with van der Waals surface area (Å²) in [5.41, 5.74) is 3.01. The Morgan fingerprint density at radius 3 is 2.41 bits per heavy atom. The summed E-state index contributed by atoms with van der Waals surface area (Å²) in [6, 6.07) is 7.92. The molecule has 0 radical (unpaired) electrons. The molecule has 0 aliphatic carbocycles. The summed E-state index contributed by atoms with van der Waals surface area (Å²) in [7, 11) is 0. The average molecular weight is 441 g/mol. The topological polar surface area (TPSA) is 126 Å². The van der Waals surface area contributed by atoms with Gasteiger partial charge in [0, 0.05) is 30.1 Å². The minimum atomic E-state index is -0.645. The molecule has 1 atom stereocenters. The monoisotopic (exact) mass is 440 g/mol. The van der Waals surface area contributed by atoms with E-state index in [9.17, 15) is 19.7 Å². The second kappa shape index (κ2) is 11.6. The lowest BCUT2D eigenvalue weighted by Gasteiger charge is -2.37. The van der Waals surface area contributed by atoms with Gasteiger partial charge in [0.15, 0.2) is 0 Å². The standard InChI is InChI=1S/C23H28N4O5/c1-4-13-26(15-28)22-19(6-3)25-18(5-2)21(23(29)32-14-7-12-24)20(22)16-8-10-17(11-9-16)27(30)31/h8-11,15,20,25H,4-7,13-14H2,1-3H3. The van der Waals surface area contributed by atoms with E-state index in [-0.39, 0.29) is 18.7 Å². The maximum atomic E-state index is 13.1. The van der Waals surface area contributed by atoms with Gasteiger partial charge in [0.25, 0.3) is 5.69 Å². The Hall–Kier alpha value is -3.67. The van der Waals surface area contributed by atoms with Crippen LogP contribution in [0.2, 0.25) is 0 Å². The van der Waals surface area contributed by atoms with Gasteiger partial charge in [-0.3, -0.25) is 14.9 Å². The van der Waals surface area contributed by atoms with Crippen LogP contribution in [0.4, 0.5) is 5.69 Å². The summed E-state index contributed by atoms with van der Waals surface area (Å²) >= 11 is 0. The molecule has 0 saturated carbocycles. The van der Waals surface area contributed by atoms with E-state index in [1.54, 1.807) is 17.0 Å². The molecule has 0 saturated heterocycles. The smallest absolute Gasteiger partial charge is 0.336 e. The number of nitro groups is 1. The van der Waals surface area contributed by atoms with Crippen molar-refractivity contribution in [3.8, 4) is 6.07 Å². The predicted octanol–water partition coefficient (Wildman–Crippen LogP) is 3.89. The largest absolute Gasteiger partial charge is 0.461 e. The van der Waals surface area contributed by atoms with Gasteiger partial charge in [0.05, 0.1) is 34.6 Å². The third kappa shape index (κ3) is 5.32. The van der Waals surface area contributed by atoms with Crippen molar-refractivity contribution in [3.05, 3.63) is 62.6 Å². The normalized spacial score (nSPS) is 15.6. The van der Waals surface area contributed by atoms with Crippen LogP contribution in [-0.2, 0) is 14.3 Å². The average Bonchev–Trinajstić information content (AvgIpc) is 2.81. The van der Waals surface area contributed by atoms with Crippen LogP contribution >= 0.6 is 0 Å². The summed E-state index contributed by atoms with van der Waals surface area (Å²) in [6.45, 7) is 6.21. The van der Waals surface area contributed by atoms with Crippen molar-refractivity contribution < 1.29 is 19.2 Å². The maximum Gasteiger partial charge on any atom is 0.336 e. The number of amides is 1. The zero-order chi connectivity index (χ0) is 23.7. The van der Waals surface area contributed by atoms with Gasteiger partial charge in [0.1, 0.15) is 6.61 Å². The highest BCUT2D eigenvalue weighted by molar-refractivity contribution is 5.93. The number of rotatable bonds is 11. The molecular formula is C23H28N4O5. The number of non-ortho nitro benzene ring substituents is 1. The molecule has 2 rings (SSSR count). The third-order valence-electron chi connectivity index (χ3n) is 5.21. The lowest BCUT2D eigenvalue weighted by Crippen LogP contribution is -2.38. The number of esters is 1. The summed E-state index contributed by atoms with van der Waals surface area (Å²) in [5, 5.41) is 23.2. The highest BCUT2D eigenvalue weighted by atomic mass is 16.6. The molecule has 0 aromatic heterocycles. The Labute approximate surface area is 187 Å². The van der Waals surface area contributed by atoms with Crippen LogP contribution in [0.5, 0.6) is 0 Å². The van der Waals surface area contributed by atoms with Gasteiger partial charge < -0.3 is 15.0 Å². The van der Waals surface area contributed by atoms with Crippen LogP contribution in [0.25, 0.3) is 0 Å². The predicted molar refractivity (Wildman–Crippen MR) is 118 cm³/mol. The molecule has 1 heterocycles. The maximum absolute atomic E-state index is 13.1. The Balaban J connectivity index is 2.70. The van der Waals surface area contributed by atoms with Crippen molar-refractivity contribution in [1.82, 2.24) is 10.2 Å². The number of allylic oxidation sites excluding steroid dienone is 3. The summed E-state index contributed by atoms with van der Waals surface area (Å²) in [6.07, 6.45) is 2.61. The number of dihydropyridines is 1. The van der Waals surface area contributed by atoms with Gasteiger partial charge >= 0.3 is 5.97 Å². The Morgan fingerprint density at radius 2 is 1.91 bits per heavy atom. The van der Waals surface area contributed by atoms with Crippen LogP contribution in [0, 0.1) is 21.4 Å². The first-order valence-electron chi connectivity index (χ1n) is 10.7. The lowest BCUT2D eigenvalue weighted by molar-refractivity contribution is -0.384. The van der Waals surface area contributed by atoms with Crippen molar-refractivity contribution >= 4 is 18.1 Å². The van der Waals surface area contributed by atoms with Crippen LogP contribution in [-0.4, -0.2) is 35.4 Å². The van der Waals surface area contributed by atoms with Crippen molar-refractivity contribution in [2.24, 2.45) is 0 Å². The number of carbonyl (C=O) groups is 2. The molecule has 32 heavy (non-hydrogen) atoms. The molecule has 1 amide bonds. The van der Waals surface area contributed by atoms with Crippen molar-refractivity contribution in [1.29, 1.82) is 5.26 Å². The molecular weight excluding hydrogens is 412 g/mol. The van der Waals surface area contributed by atoms with Crippen LogP contribution in [0.3, 0.4) is 0 Å². The van der Waals surface area contributed by atoms with E-state index in [2.05, 4.69) is 5.32 Å². The number of hydrogen-bond donors (Lipinski definition) is 1. The fraction of sp³-hybridized carbons (Fsp3) is 0.435. The van der Waals surface area contributed by atoms with E-state index >= 15 is 0 Å². The van der Waals surface area contributed by atoms with E-state index < -0.39 is 16.8 Å². The number of ether oxygens (including phenoxy) is 1. The number of nitrogens with one attached hydrogen (secondary N) is 1. The molecule has 1 unspecified atom stereocenters. The first-order valence-corrected chi connectivity index (χ1v) is 10.7. The summed E-state index contributed by atoms with van der Waals surface area (Å²) < 4.78 is 5.36. The lowest BCUT2D eigenvalue weighted by atomic mass is 9.82. The quantitative estimate of drug-likeness (QED) is 0.182. The van der Waals surface area contributed by atoms with Gasteiger partial charge in [-0.05, 0) is 24.8 Å². The van der Waals surface area contributed by atoms with Crippen molar-refractivity contribution in [3.63, 3.8) is 0 Å². The first kappa shape index (κ1) is 24.6. The molecule has 1 aromatic rings. The Kier molecular flexibility index (Phi) is 8.95. The molecule has 170 valence electrons. The molecule has 0 bridgehead atoms. The van der Waals surface area contributed by atoms with Gasteiger partial charge in [-0.2, -0.15) is 5.26 Å². The zero-order valence-electron chi connectivity index (χ0n) is 18.6. The van der Waals surface area contributed by atoms with E-state index in [1.807, 2.05) is 26.8 Å². The SMILES string of the molecule is CCCN(C=O)C1=C(CC)NC(CC)=C(C(=O)OCCC#N)C1c1ccc([N+](=O)[O-])cc1. The van der Waals surface area contributed by atoms with Crippen LogP contribution in [0.15, 0.2) is 46.9 Å². The Bertz CT molecular complexity index is 960. The molecule has 1 aliphatic rings. The van der Waals surface area contributed by atoms with Crippen molar-refractivity contribution in [2.75, 3.05) is 13.2 Å². The molecule has 0 spiro atoms. The number of carbonyl (C=O) groups excluding carboxylic acids is 2. The van der Waals surface area contributed by atoms with Crippen LogP contribution in [0.1, 0.15) is 57.9 Å². The van der Waals surface area contributed by atoms with E-state index in [4.69, 9.17) is 10.00 Å². The van der Waals surface area contributed by atoms with E-state index in [0.29, 0.717) is 48.3 Å². The Morgan fingerprint density at radius 1 is 1.25 bits per heavy atom. The second-order valence-corrected chi connectivity index (χ2v) is 7.21. The molecule has 9 heteroatoms. The fourth-order valence-corrected chi connectivity index (χ4v) is 3.78. The number of nitro benzene ring substituents is 1. The van der Waals surface area contributed by atoms with Crippen molar-refractivity contribution in [2.45, 2.75) is 52.4 Å². The van der Waals surface area contributed by atoms with Gasteiger partial charge in [0.2, 0.25) is 6.41 Å². The van der Waals surface area contributed by atoms with Gasteiger partial charge in [-0.25, -0.2) is 4.79 Å². The zero-order valence-corrected chi connectivity index (χ0v) is 18.6. The summed E-state index contributed by atoms with van der Waals surface area (Å²) in [5.74, 6) is -1.23. The molecule has 1 aliphatic heterocycles. The highest BCUT2D eigenvalue weighted by Crippen LogP contribution is 2.41. The molecule has 0 fully saturated rings. The minimum Gasteiger partial charge on any atom is -0.461 e. The number of benzene rings is 1. The number of nitrogens with zero attached hydrogens (tertiary/aromatic N) is 3.